The van der Waals surface area contributed by atoms with Crippen molar-refractivity contribution in [2.45, 2.75) is 13.5 Å². The number of halogens is 1. The van der Waals surface area contributed by atoms with Crippen LogP contribution in [0.2, 0.25) is 0 Å². The molecule has 0 spiro atoms. The Balaban J connectivity index is 1.72. The minimum absolute atomic E-state index is 0.621. The Hall–Kier alpha value is -3.17. The summed E-state index contributed by atoms with van der Waals surface area (Å²) in [4.78, 5) is 4.78. The lowest BCUT2D eigenvalue weighted by molar-refractivity contribution is 0.926. The van der Waals surface area contributed by atoms with Gasteiger partial charge in [-0.1, -0.05) is 36.4 Å². The minimum atomic E-state index is 0.621. The van der Waals surface area contributed by atoms with Crippen LogP contribution in [0, 0.1) is 18.3 Å². The third kappa shape index (κ3) is 3.42. The minimum Gasteiger partial charge on any atom is -0.366 e. The molecule has 6 heteroatoms. The molecule has 0 amide bonds. The van der Waals surface area contributed by atoms with E-state index in [0.29, 0.717) is 12.1 Å². The molecule has 0 fully saturated rings. The summed E-state index contributed by atoms with van der Waals surface area (Å²) in [5.74, 6) is 0.855. The van der Waals surface area contributed by atoms with Gasteiger partial charge in [0, 0.05) is 18.2 Å². The Kier molecular flexibility index (Phi) is 4.61. The maximum atomic E-state index is 8.93. The number of nitrogens with zero attached hydrogens (tertiary/aromatic N) is 4. The molecular formula is C21H16BrN5. The molecule has 132 valence electrons. The zero-order valence-electron chi connectivity index (χ0n) is 14.6. The van der Waals surface area contributed by atoms with Gasteiger partial charge in [0.25, 0.3) is 0 Å². The number of fused-ring (bicyclic) bond motifs is 1. The van der Waals surface area contributed by atoms with E-state index in [2.05, 4.69) is 51.5 Å². The van der Waals surface area contributed by atoms with Gasteiger partial charge in [-0.2, -0.15) is 14.9 Å². The molecule has 0 unspecified atom stereocenters. The van der Waals surface area contributed by atoms with Crippen LogP contribution >= 0.6 is 15.9 Å². The van der Waals surface area contributed by atoms with Crippen LogP contribution < -0.4 is 5.32 Å². The van der Waals surface area contributed by atoms with E-state index in [1.165, 1.54) is 5.56 Å². The molecule has 0 aliphatic carbocycles. The van der Waals surface area contributed by atoms with Gasteiger partial charge in [-0.15, -0.1) is 0 Å². The first kappa shape index (κ1) is 17.3. The molecule has 2 heterocycles. The molecule has 0 bridgehead atoms. The molecule has 0 aliphatic rings. The van der Waals surface area contributed by atoms with Crippen molar-refractivity contribution in [2.75, 3.05) is 5.32 Å². The van der Waals surface area contributed by atoms with Crippen molar-refractivity contribution in [2.24, 2.45) is 0 Å². The van der Waals surface area contributed by atoms with Crippen molar-refractivity contribution in [3.63, 3.8) is 0 Å². The molecule has 2 aromatic carbocycles. The summed E-state index contributed by atoms with van der Waals surface area (Å²) < 4.78 is 2.63. The van der Waals surface area contributed by atoms with Crippen LogP contribution in [0.25, 0.3) is 16.9 Å². The van der Waals surface area contributed by atoms with Crippen molar-refractivity contribution in [1.82, 2.24) is 14.6 Å². The number of nitriles is 1. The summed E-state index contributed by atoms with van der Waals surface area (Å²) in [6.07, 6.45) is 1.75. The van der Waals surface area contributed by atoms with Crippen LogP contribution in [0.15, 0.2) is 65.3 Å². The van der Waals surface area contributed by atoms with Gasteiger partial charge in [-0.3, -0.25) is 0 Å². The highest BCUT2D eigenvalue weighted by atomic mass is 79.9. The molecule has 4 rings (SSSR count). The second-order valence-corrected chi connectivity index (χ2v) is 7.09. The first-order valence-electron chi connectivity index (χ1n) is 8.49. The molecule has 0 saturated heterocycles. The summed E-state index contributed by atoms with van der Waals surface area (Å²) >= 11 is 3.53. The van der Waals surface area contributed by atoms with E-state index in [4.69, 9.17) is 10.2 Å². The summed E-state index contributed by atoms with van der Waals surface area (Å²) in [6.45, 7) is 2.70. The normalized spacial score (nSPS) is 10.7. The monoisotopic (exact) mass is 417 g/mol. The van der Waals surface area contributed by atoms with Crippen molar-refractivity contribution >= 4 is 27.4 Å². The van der Waals surface area contributed by atoms with E-state index >= 15 is 0 Å². The smallest absolute Gasteiger partial charge is 0.172 e. The lowest BCUT2D eigenvalue weighted by atomic mass is 10.1. The third-order valence-corrected chi connectivity index (χ3v) is 4.97. The fourth-order valence-electron chi connectivity index (χ4n) is 2.95. The summed E-state index contributed by atoms with van der Waals surface area (Å²) in [5.41, 5.74) is 5.66. The lowest BCUT2D eigenvalue weighted by Crippen LogP contribution is -2.07. The lowest BCUT2D eigenvalue weighted by Gasteiger charge is -2.12. The number of nitrogens with one attached hydrogen (secondary N) is 1. The number of aryl methyl sites for hydroxylation is 1. The topological polar surface area (TPSA) is 66.0 Å². The maximum Gasteiger partial charge on any atom is 0.172 e. The third-order valence-electron chi connectivity index (χ3n) is 4.41. The fourth-order valence-corrected chi connectivity index (χ4v) is 3.30. The molecule has 5 nitrogen and oxygen atoms in total. The van der Waals surface area contributed by atoms with E-state index in [1.54, 1.807) is 10.7 Å². The van der Waals surface area contributed by atoms with Crippen molar-refractivity contribution < 1.29 is 0 Å². The SMILES string of the molecule is Cc1ccccc1-c1cc(NCc2ccc(C#N)cc2)n2ncc(Br)c2n1. The predicted molar refractivity (Wildman–Crippen MR) is 109 cm³/mol. The number of benzene rings is 2. The Morgan fingerprint density at radius 1 is 1.15 bits per heavy atom. The van der Waals surface area contributed by atoms with Crippen LogP contribution in [-0.2, 0) is 6.54 Å². The first-order valence-corrected chi connectivity index (χ1v) is 9.28. The molecule has 0 aliphatic heterocycles. The number of aromatic nitrogens is 3. The van der Waals surface area contributed by atoms with Gasteiger partial charge in [0.2, 0.25) is 0 Å². The molecule has 0 radical (unpaired) electrons. The zero-order valence-corrected chi connectivity index (χ0v) is 16.2. The van der Waals surface area contributed by atoms with Gasteiger partial charge in [-0.05, 0) is 46.1 Å². The largest absolute Gasteiger partial charge is 0.366 e. The van der Waals surface area contributed by atoms with Crippen LogP contribution in [0.3, 0.4) is 0 Å². The fraction of sp³-hybridized carbons (Fsp3) is 0.0952. The molecule has 0 saturated carbocycles. The Morgan fingerprint density at radius 2 is 1.93 bits per heavy atom. The number of hydrogen-bond acceptors (Lipinski definition) is 4. The van der Waals surface area contributed by atoms with Crippen LogP contribution in [0.5, 0.6) is 0 Å². The highest BCUT2D eigenvalue weighted by Crippen LogP contribution is 2.28. The Bertz CT molecular complexity index is 1160. The van der Waals surface area contributed by atoms with E-state index in [9.17, 15) is 0 Å². The van der Waals surface area contributed by atoms with E-state index in [0.717, 1.165) is 32.8 Å². The van der Waals surface area contributed by atoms with Crippen molar-refractivity contribution in [3.8, 4) is 17.3 Å². The molecule has 2 aromatic heterocycles. The van der Waals surface area contributed by atoms with Gasteiger partial charge < -0.3 is 5.32 Å². The molecule has 4 aromatic rings. The van der Waals surface area contributed by atoms with Crippen molar-refractivity contribution in [3.05, 3.63) is 82.0 Å². The number of rotatable bonds is 4. The molecular weight excluding hydrogens is 402 g/mol. The summed E-state index contributed by atoms with van der Waals surface area (Å²) in [7, 11) is 0. The number of anilines is 1. The Labute approximate surface area is 165 Å². The average Bonchev–Trinajstić information content (AvgIpc) is 3.08. The van der Waals surface area contributed by atoms with Crippen LogP contribution in [0.4, 0.5) is 5.82 Å². The van der Waals surface area contributed by atoms with Crippen LogP contribution in [0.1, 0.15) is 16.7 Å². The average molecular weight is 418 g/mol. The van der Waals surface area contributed by atoms with Gasteiger partial charge >= 0.3 is 0 Å². The summed E-state index contributed by atoms with van der Waals surface area (Å²) in [5, 5.41) is 16.8. The van der Waals surface area contributed by atoms with E-state index in [-0.39, 0.29) is 0 Å². The molecule has 1 N–H and O–H groups in total. The van der Waals surface area contributed by atoms with Crippen LogP contribution in [-0.4, -0.2) is 14.6 Å². The van der Waals surface area contributed by atoms with E-state index in [1.807, 2.05) is 42.5 Å². The highest BCUT2D eigenvalue weighted by molar-refractivity contribution is 9.10. The van der Waals surface area contributed by atoms with Gasteiger partial charge in [0.05, 0.1) is 28.0 Å². The van der Waals surface area contributed by atoms with Crippen molar-refractivity contribution in [1.29, 1.82) is 5.26 Å². The second-order valence-electron chi connectivity index (χ2n) is 6.23. The first-order chi connectivity index (χ1) is 13.2. The second kappa shape index (κ2) is 7.22. The Morgan fingerprint density at radius 3 is 2.67 bits per heavy atom. The summed E-state index contributed by atoms with van der Waals surface area (Å²) in [6, 6.07) is 19.9. The van der Waals surface area contributed by atoms with Gasteiger partial charge in [-0.25, -0.2) is 4.98 Å². The quantitative estimate of drug-likeness (QED) is 0.509. The number of hydrogen-bond donors (Lipinski definition) is 1. The highest BCUT2D eigenvalue weighted by Gasteiger charge is 2.12. The van der Waals surface area contributed by atoms with E-state index < -0.39 is 0 Å². The predicted octanol–water partition coefficient (Wildman–Crippen LogP) is 4.95. The molecule has 0 atom stereocenters. The van der Waals surface area contributed by atoms with Gasteiger partial charge in [0.15, 0.2) is 5.65 Å². The zero-order chi connectivity index (χ0) is 18.8. The van der Waals surface area contributed by atoms with Gasteiger partial charge in [0.1, 0.15) is 5.82 Å². The maximum absolute atomic E-state index is 8.93. The standard InChI is InChI=1S/C21H16BrN5/c1-14-4-2-3-5-17(14)19-10-20(27-21(26-19)18(22)13-25-27)24-12-16-8-6-15(11-23)7-9-16/h2-10,13,24H,12H2,1H3. The molecule has 27 heavy (non-hydrogen) atoms.